The van der Waals surface area contributed by atoms with Crippen LogP contribution in [0.15, 0.2) is 71.4 Å². The number of benzene rings is 3. The molecule has 3 aromatic carbocycles. The molecule has 0 saturated heterocycles. The Balaban J connectivity index is 1.71. The minimum atomic E-state index is -0.383. The lowest BCUT2D eigenvalue weighted by Crippen LogP contribution is -2.30. The number of halogens is 2. The zero-order chi connectivity index (χ0) is 23.5. The fourth-order valence-corrected chi connectivity index (χ4v) is 4.92. The van der Waals surface area contributed by atoms with Gasteiger partial charge in [-0.2, -0.15) is 0 Å². The third kappa shape index (κ3) is 5.13. The summed E-state index contributed by atoms with van der Waals surface area (Å²) >= 11 is 7.48. The van der Waals surface area contributed by atoms with Gasteiger partial charge in [-0.1, -0.05) is 47.6 Å². The van der Waals surface area contributed by atoms with Crippen molar-refractivity contribution in [2.45, 2.75) is 19.6 Å². The van der Waals surface area contributed by atoms with Crippen LogP contribution in [-0.2, 0) is 10.5 Å². The lowest BCUT2D eigenvalue weighted by atomic mass is 10.1. The van der Waals surface area contributed by atoms with E-state index in [1.807, 2.05) is 56.3 Å². The van der Waals surface area contributed by atoms with Crippen molar-refractivity contribution in [3.63, 3.8) is 0 Å². The van der Waals surface area contributed by atoms with Gasteiger partial charge in [0.15, 0.2) is 5.17 Å². The van der Waals surface area contributed by atoms with Gasteiger partial charge >= 0.3 is 0 Å². The van der Waals surface area contributed by atoms with Gasteiger partial charge in [0.1, 0.15) is 17.3 Å². The van der Waals surface area contributed by atoms with E-state index >= 15 is 0 Å². The summed E-state index contributed by atoms with van der Waals surface area (Å²) in [6, 6.07) is 17.9. The first kappa shape index (κ1) is 23.1. The Morgan fingerprint density at radius 3 is 2.42 bits per heavy atom. The number of carbonyl (C=O) groups is 1. The second-order valence-electron chi connectivity index (χ2n) is 7.67. The average molecular weight is 481 g/mol. The lowest BCUT2D eigenvalue weighted by Gasteiger charge is -2.19. The molecule has 0 radical (unpaired) electrons. The Hall–Kier alpha value is -3.09. The molecule has 0 unspecified atom stereocenters. The highest BCUT2D eigenvalue weighted by Crippen LogP contribution is 2.33. The zero-order valence-corrected chi connectivity index (χ0v) is 20.0. The van der Waals surface area contributed by atoms with E-state index in [0.717, 1.165) is 28.1 Å². The van der Waals surface area contributed by atoms with Crippen molar-refractivity contribution < 1.29 is 13.9 Å². The number of aliphatic imine (C=N–C) groups is 1. The van der Waals surface area contributed by atoms with Gasteiger partial charge in [0.2, 0.25) is 0 Å². The maximum Gasteiger partial charge on any atom is 0.283 e. The lowest BCUT2D eigenvalue weighted by molar-refractivity contribution is -0.113. The number of ether oxygens (including phenoxy) is 1. The number of anilines is 1. The van der Waals surface area contributed by atoms with E-state index in [9.17, 15) is 9.18 Å². The minimum absolute atomic E-state index is 0.238. The number of amidine groups is 1. The number of rotatable bonds is 5. The standard InChI is InChI=1S/C26H22ClFN2O2S/c1-16-11-17(2)13-19(12-16)30-25(31)24(14-18-7-9-20(32-3)10-8-18)29-26(30)33-15-21-22(27)5-4-6-23(21)28/h4-14H,15H2,1-3H3. The summed E-state index contributed by atoms with van der Waals surface area (Å²) in [6.45, 7) is 3.96. The van der Waals surface area contributed by atoms with Crippen LogP contribution in [0.4, 0.5) is 10.1 Å². The first-order chi connectivity index (χ1) is 15.9. The SMILES string of the molecule is COc1ccc(C=C2N=C(SCc3c(F)cccc3Cl)N(c3cc(C)cc(C)c3)C2=O)cc1. The van der Waals surface area contributed by atoms with E-state index in [4.69, 9.17) is 16.3 Å². The van der Waals surface area contributed by atoms with E-state index in [2.05, 4.69) is 4.99 Å². The third-order valence-electron chi connectivity index (χ3n) is 5.12. The summed E-state index contributed by atoms with van der Waals surface area (Å²) in [5.74, 6) is 0.354. The third-order valence-corrected chi connectivity index (χ3v) is 6.44. The quantitative estimate of drug-likeness (QED) is 0.378. The van der Waals surface area contributed by atoms with Gasteiger partial charge in [-0.3, -0.25) is 9.69 Å². The molecule has 168 valence electrons. The van der Waals surface area contributed by atoms with Crippen molar-refractivity contribution >= 4 is 46.2 Å². The van der Waals surface area contributed by atoms with E-state index in [1.54, 1.807) is 30.2 Å². The fourth-order valence-electron chi connectivity index (χ4n) is 3.57. The molecule has 7 heteroatoms. The van der Waals surface area contributed by atoms with Gasteiger partial charge in [0, 0.05) is 16.3 Å². The van der Waals surface area contributed by atoms with Crippen molar-refractivity contribution in [2.24, 2.45) is 4.99 Å². The van der Waals surface area contributed by atoms with Crippen molar-refractivity contribution in [2.75, 3.05) is 12.0 Å². The second kappa shape index (κ2) is 9.81. The van der Waals surface area contributed by atoms with Gasteiger partial charge in [-0.15, -0.1) is 0 Å². The number of methoxy groups -OCH3 is 1. The van der Waals surface area contributed by atoms with Gasteiger partial charge in [-0.05, 0) is 73.0 Å². The van der Waals surface area contributed by atoms with Crippen LogP contribution >= 0.6 is 23.4 Å². The van der Waals surface area contributed by atoms with Crippen molar-refractivity contribution in [1.82, 2.24) is 0 Å². The first-order valence-electron chi connectivity index (χ1n) is 10.3. The van der Waals surface area contributed by atoms with Crippen LogP contribution in [0.3, 0.4) is 0 Å². The first-order valence-corrected chi connectivity index (χ1v) is 11.6. The molecule has 0 bridgehead atoms. The molecular formula is C26H22ClFN2O2S. The number of thioether (sulfide) groups is 1. The summed E-state index contributed by atoms with van der Waals surface area (Å²) in [5, 5.41) is 0.823. The van der Waals surface area contributed by atoms with Crippen LogP contribution < -0.4 is 9.64 Å². The maximum atomic E-state index is 14.3. The molecular weight excluding hydrogens is 459 g/mol. The number of hydrogen-bond donors (Lipinski definition) is 0. The number of nitrogens with zero attached hydrogens (tertiary/aromatic N) is 2. The molecule has 1 amide bonds. The van der Waals surface area contributed by atoms with Crippen LogP contribution in [-0.4, -0.2) is 18.2 Å². The molecule has 0 N–H and O–H groups in total. The van der Waals surface area contributed by atoms with Crippen molar-refractivity contribution in [3.05, 3.63) is 99.5 Å². The molecule has 0 spiro atoms. The molecule has 0 aliphatic carbocycles. The van der Waals surface area contributed by atoms with Crippen LogP contribution in [0.1, 0.15) is 22.3 Å². The normalized spacial score (nSPS) is 14.7. The second-order valence-corrected chi connectivity index (χ2v) is 9.02. The topological polar surface area (TPSA) is 41.9 Å². The Morgan fingerprint density at radius 2 is 1.79 bits per heavy atom. The van der Waals surface area contributed by atoms with Crippen LogP contribution in [0.25, 0.3) is 6.08 Å². The molecule has 33 heavy (non-hydrogen) atoms. The molecule has 1 heterocycles. The smallest absolute Gasteiger partial charge is 0.283 e. The van der Waals surface area contributed by atoms with Gasteiger partial charge in [-0.25, -0.2) is 9.38 Å². The number of aryl methyl sites for hydroxylation is 2. The Labute approximate surface area is 201 Å². The summed E-state index contributed by atoms with van der Waals surface area (Å²) in [5.41, 5.74) is 4.31. The highest BCUT2D eigenvalue weighted by atomic mass is 35.5. The highest BCUT2D eigenvalue weighted by Gasteiger charge is 2.32. The molecule has 1 aliphatic rings. The minimum Gasteiger partial charge on any atom is -0.497 e. The number of carbonyl (C=O) groups excluding carboxylic acids is 1. The zero-order valence-electron chi connectivity index (χ0n) is 18.4. The predicted octanol–water partition coefficient (Wildman–Crippen LogP) is 6.78. The van der Waals surface area contributed by atoms with Crippen LogP contribution in [0.5, 0.6) is 5.75 Å². The highest BCUT2D eigenvalue weighted by molar-refractivity contribution is 8.13. The Bertz CT molecular complexity index is 1230. The van der Waals surface area contributed by atoms with Crippen molar-refractivity contribution in [1.29, 1.82) is 0 Å². The molecule has 0 atom stereocenters. The Kier molecular flexibility index (Phi) is 6.86. The van der Waals surface area contributed by atoms with E-state index < -0.39 is 0 Å². The summed E-state index contributed by atoms with van der Waals surface area (Å²) in [4.78, 5) is 19.6. The van der Waals surface area contributed by atoms with E-state index in [1.165, 1.54) is 17.8 Å². The van der Waals surface area contributed by atoms with Crippen LogP contribution in [0.2, 0.25) is 5.02 Å². The molecule has 1 aliphatic heterocycles. The maximum absolute atomic E-state index is 14.3. The molecule has 0 saturated carbocycles. The fraction of sp³-hybridized carbons (Fsp3) is 0.154. The summed E-state index contributed by atoms with van der Waals surface area (Å²) in [6.07, 6.45) is 1.74. The Morgan fingerprint density at radius 1 is 1.09 bits per heavy atom. The molecule has 4 rings (SSSR count). The number of hydrogen-bond acceptors (Lipinski definition) is 4. The molecule has 0 aromatic heterocycles. The predicted molar refractivity (Wildman–Crippen MR) is 135 cm³/mol. The summed E-state index contributed by atoms with van der Waals surface area (Å²) < 4.78 is 19.5. The van der Waals surface area contributed by atoms with Gasteiger partial charge in [0.05, 0.1) is 12.8 Å². The van der Waals surface area contributed by atoms with Gasteiger partial charge < -0.3 is 4.74 Å². The van der Waals surface area contributed by atoms with E-state index in [0.29, 0.717) is 21.5 Å². The molecule has 0 fully saturated rings. The van der Waals surface area contributed by atoms with Crippen molar-refractivity contribution in [3.8, 4) is 5.75 Å². The average Bonchev–Trinajstić information content (AvgIpc) is 3.08. The van der Waals surface area contributed by atoms with Crippen LogP contribution in [0, 0.1) is 19.7 Å². The van der Waals surface area contributed by atoms with E-state index in [-0.39, 0.29) is 17.5 Å². The largest absolute Gasteiger partial charge is 0.497 e. The summed E-state index contributed by atoms with van der Waals surface area (Å²) in [7, 11) is 1.60. The molecule has 4 nitrogen and oxygen atoms in total. The number of amides is 1. The monoisotopic (exact) mass is 480 g/mol. The molecule has 3 aromatic rings. The van der Waals surface area contributed by atoms with Gasteiger partial charge in [0.25, 0.3) is 5.91 Å².